The largest absolute Gasteiger partial charge is 0.337 e. The number of nitrogens with one attached hydrogen (secondary N) is 1. The van der Waals surface area contributed by atoms with Crippen molar-refractivity contribution in [2.75, 3.05) is 26.7 Å². The van der Waals surface area contributed by atoms with Crippen LogP contribution in [0.25, 0.3) is 5.69 Å². The lowest BCUT2D eigenvalue weighted by atomic mass is 10.1. The van der Waals surface area contributed by atoms with Gasteiger partial charge in [0.25, 0.3) is 5.91 Å². The molecule has 5 nitrogen and oxygen atoms in total. The highest BCUT2D eigenvalue weighted by molar-refractivity contribution is 9.10. The van der Waals surface area contributed by atoms with Gasteiger partial charge in [-0.3, -0.25) is 4.79 Å². The van der Waals surface area contributed by atoms with Gasteiger partial charge in [0.2, 0.25) is 0 Å². The van der Waals surface area contributed by atoms with E-state index in [2.05, 4.69) is 26.3 Å². The SMILES string of the molecule is CNCC1CCN(C(=O)c2cc(Br)nn2-c2ccc(C)cc2)C1. The van der Waals surface area contributed by atoms with E-state index < -0.39 is 0 Å². The van der Waals surface area contributed by atoms with Crippen molar-refractivity contribution in [1.82, 2.24) is 20.0 Å². The van der Waals surface area contributed by atoms with Gasteiger partial charge < -0.3 is 10.2 Å². The van der Waals surface area contributed by atoms with E-state index in [1.165, 1.54) is 5.56 Å². The summed E-state index contributed by atoms with van der Waals surface area (Å²) in [5.41, 5.74) is 2.68. The average Bonchev–Trinajstić information content (AvgIpc) is 3.15. The Morgan fingerprint density at radius 2 is 2.13 bits per heavy atom. The number of amides is 1. The number of rotatable bonds is 4. The number of hydrogen-bond donors (Lipinski definition) is 1. The molecule has 6 heteroatoms. The van der Waals surface area contributed by atoms with Gasteiger partial charge in [-0.05, 0) is 60.9 Å². The van der Waals surface area contributed by atoms with Gasteiger partial charge in [0.05, 0.1) is 5.69 Å². The van der Waals surface area contributed by atoms with Crippen molar-refractivity contribution >= 4 is 21.8 Å². The summed E-state index contributed by atoms with van der Waals surface area (Å²) in [6.07, 6.45) is 1.05. The van der Waals surface area contributed by atoms with E-state index in [0.29, 0.717) is 16.2 Å². The minimum atomic E-state index is 0.0439. The highest BCUT2D eigenvalue weighted by Crippen LogP contribution is 2.22. The number of likely N-dealkylation sites (tertiary alicyclic amines) is 1. The van der Waals surface area contributed by atoms with Crippen LogP contribution in [-0.4, -0.2) is 47.3 Å². The number of hydrogen-bond acceptors (Lipinski definition) is 3. The number of halogens is 1. The van der Waals surface area contributed by atoms with Crippen LogP contribution in [0.3, 0.4) is 0 Å². The van der Waals surface area contributed by atoms with Gasteiger partial charge in [0.15, 0.2) is 0 Å². The highest BCUT2D eigenvalue weighted by atomic mass is 79.9. The standard InChI is InChI=1S/C17H21BrN4O/c1-12-3-5-14(6-4-12)22-15(9-16(18)20-22)17(23)21-8-7-13(11-21)10-19-2/h3-6,9,13,19H,7-8,10-11H2,1-2H3. The fourth-order valence-electron chi connectivity index (χ4n) is 3.02. The Labute approximate surface area is 144 Å². The van der Waals surface area contributed by atoms with Crippen LogP contribution in [0.5, 0.6) is 0 Å². The lowest BCUT2D eigenvalue weighted by Crippen LogP contribution is -2.31. The Kier molecular flexibility index (Phi) is 4.82. The lowest BCUT2D eigenvalue weighted by Gasteiger charge is -2.17. The Hall–Kier alpha value is -1.66. The smallest absolute Gasteiger partial charge is 0.272 e. The fraction of sp³-hybridized carbons (Fsp3) is 0.412. The zero-order chi connectivity index (χ0) is 16.4. The number of aryl methyl sites for hydroxylation is 1. The van der Waals surface area contributed by atoms with Crippen molar-refractivity contribution in [3.8, 4) is 5.69 Å². The molecule has 0 saturated carbocycles. The first-order valence-electron chi connectivity index (χ1n) is 7.85. The third-order valence-electron chi connectivity index (χ3n) is 4.24. The van der Waals surface area contributed by atoms with E-state index in [1.54, 1.807) is 10.7 Å². The van der Waals surface area contributed by atoms with E-state index in [4.69, 9.17) is 0 Å². The normalized spacial score (nSPS) is 17.7. The monoisotopic (exact) mass is 376 g/mol. The summed E-state index contributed by atoms with van der Waals surface area (Å²) in [6.45, 7) is 4.60. The summed E-state index contributed by atoms with van der Waals surface area (Å²) in [6, 6.07) is 9.82. The van der Waals surface area contributed by atoms with Crippen molar-refractivity contribution in [2.45, 2.75) is 13.3 Å². The van der Waals surface area contributed by atoms with Crippen LogP contribution in [0.1, 0.15) is 22.5 Å². The van der Waals surface area contributed by atoms with Crippen molar-refractivity contribution in [3.05, 3.63) is 46.2 Å². The van der Waals surface area contributed by atoms with Gasteiger partial charge in [-0.15, -0.1) is 0 Å². The van der Waals surface area contributed by atoms with Crippen LogP contribution in [0.2, 0.25) is 0 Å². The topological polar surface area (TPSA) is 50.2 Å². The molecule has 0 bridgehead atoms. The number of carbonyl (C=O) groups excluding carboxylic acids is 1. The molecule has 2 heterocycles. The van der Waals surface area contributed by atoms with Crippen molar-refractivity contribution in [1.29, 1.82) is 0 Å². The van der Waals surface area contributed by atoms with Crippen LogP contribution < -0.4 is 5.32 Å². The maximum absolute atomic E-state index is 12.9. The summed E-state index contributed by atoms with van der Waals surface area (Å²) in [5.74, 6) is 0.575. The summed E-state index contributed by atoms with van der Waals surface area (Å²) in [7, 11) is 1.95. The predicted octanol–water partition coefficient (Wildman–Crippen LogP) is 2.62. The van der Waals surface area contributed by atoms with Crippen LogP contribution in [0.15, 0.2) is 34.9 Å². The second-order valence-electron chi connectivity index (χ2n) is 6.06. The second kappa shape index (κ2) is 6.84. The third-order valence-corrected chi connectivity index (χ3v) is 4.63. The molecule has 0 aliphatic carbocycles. The molecular formula is C17H21BrN4O. The zero-order valence-electron chi connectivity index (χ0n) is 13.4. The van der Waals surface area contributed by atoms with Crippen molar-refractivity contribution in [2.24, 2.45) is 5.92 Å². The minimum absolute atomic E-state index is 0.0439. The summed E-state index contributed by atoms with van der Waals surface area (Å²) < 4.78 is 2.39. The fourth-order valence-corrected chi connectivity index (χ4v) is 3.40. The molecule has 0 radical (unpaired) electrons. The molecule has 1 aliphatic rings. The number of carbonyl (C=O) groups is 1. The van der Waals surface area contributed by atoms with Crippen LogP contribution in [0.4, 0.5) is 0 Å². The molecule has 1 saturated heterocycles. The van der Waals surface area contributed by atoms with E-state index >= 15 is 0 Å². The molecule has 1 aromatic heterocycles. The van der Waals surface area contributed by atoms with Crippen molar-refractivity contribution < 1.29 is 4.79 Å². The predicted molar refractivity (Wildman–Crippen MR) is 93.9 cm³/mol. The number of nitrogens with zero attached hydrogens (tertiary/aromatic N) is 3. The number of aromatic nitrogens is 2. The van der Waals surface area contributed by atoms with E-state index in [0.717, 1.165) is 31.7 Å². The van der Waals surface area contributed by atoms with Gasteiger partial charge in [-0.2, -0.15) is 5.10 Å². The van der Waals surface area contributed by atoms with Crippen LogP contribution in [0, 0.1) is 12.8 Å². The summed E-state index contributed by atoms with van der Waals surface area (Å²) >= 11 is 3.40. The zero-order valence-corrected chi connectivity index (χ0v) is 15.0. The van der Waals surface area contributed by atoms with Gasteiger partial charge in [0, 0.05) is 19.2 Å². The van der Waals surface area contributed by atoms with Crippen LogP contribution >= 0.6 is 15.9 Å². The van der Waals surface area contributed by atoms with Gasteiger partial charge in [-0.25, -0.2) is 4.68 Å². The van der Waals surface area contributed by atoms with E-state index in [-0.39, 0.29) is 5.91 Å². The quantitative estimate of drug-likeness (QED) is 0.891. The molecule has 1 fully saturated rings. The highest BCUT2D eigenvalue weighted by Gasteiger charge is 2.29. The van der Waals surface area contributed by atoms with Crippen LogP contribution in [-0.2, 0) is 0 Å². The molecule has 3 rings (SSSR count). The molecule has 0 spiro atoms. The molecule has 1 unspecified atom stereocenters. The average molecular weight is 377 g/mol. The lowest BCUT2D eigenvalue weighted by molar-refractivity contribution is 0.0778. The first-order chi connectivity index (χ1) is 11.1. The maximum Gasteiger partial charge on any atom is 0.272 e. The molecule has 1 N–H and O–H groups in total. The first-order valence-corrected chi connectivity index (χ1v) is 8.64. The Morgan fingerprint density at radius 3 is 2.83 bits per heavy atom. The molecule has 122 valence electrons. The molecule has 23 heavy (non-hydrogen) atoms. The molecular weight excluding hydrogens is 356 g/mol. The molecule has 1 aliphatic heterocycles. The number of benzene rings is 1. The minimum Gasteiger partial charge on any atom is -0.337 e. The molecule has 1 aromatic carbocycles. The Bertz CT molecular complexity index is 695. The molecule has 1 atom stereocenters. The van der Waals surface area contributed by atoms with Gasteiger partial charge in [-0.1, -0.05) is 17.7 Å². The summed E-state index contributed by atoms with van der Waals surface area (Å²) in [4.78, 5) is 14.8. The summed E-state index contributed by atoms with van der Waals surface area (Å²) in [5, 5.41) is 7.62. The van der Waals surface area contributed by atoms with Crippen molar-refractivity contribution in [3.63, 3.8) is 0 Å². The third kappa shape index (κ3) is 3.48. The second-order valence-corrected chi connectivity index (χ2v) is 6.88. The van der Waals surface area contributed by atoms with E-state index in [9.17, 15) is 4.79 Å². The first kappa shape index (κ1) is 16.2. The van der Waals surface area contributed by atoms with E-state index in [1.807, 2.05) is 43.1 Å². The Balaban J connectivity index is 1.85. The maximum atomic E-state index is 12.9. The molecule has 1 amide bonds. The van der Waals surface area contributed by atoms with Gasteiger partial charge >= 0.3 is 0 Å². The van der Waals surface area contributed by atoms with Gasteiger partial charge in [0.1, 0.15) is 10.3 Å². The Morgan fingerprint density at radius 1 is 1.39 bits per heavy atom. The molecule has 2 aromatic rings.